The molecule has 1 rings (SSSR count). The number of thioether (sulfide) groups is 1. The van der Waals surface area contributed by atoms with Crippen LogP contribution in [-0.2, 0) is 9.53 Å². The Morgan fingerprint density at radius 3 is 2.60 bits per heavy atom. The number of hydrogen-bond donors (Lipinski definition) is 1. The molecule has 0 aliphatic heterocycles. The van der Waals surface area contributed by atoms with Crippen LogP contribution in [0.25, 0.3) is 0 Å². The van der Waals surface area contributed by atoms with E-state index < -0.39 is 16.9 Å². The van der Waals surface area contributed by atoms with Crippen molar-refractivity contribution in [2.45, 2.75) is 43.3 Å². The first-order valence-electron chi connectivity index (χ1n) is 6.57. The highest BCUT2D eigenvalue weighted by Gasteiger charge is 2.22. The van der Waals surface area contributed by atoms with Crippen molar-refractivity contribution in [3.63, 3.8) is 0 Å². The summed E-state index contributed by atoms with van der Waals surface area (Å²) < 4.78 is 31.9. The van der Waals surface area contributed by atoms with Gasteiger partial charge in [-0.15, -0.1) is 11.8 Å². The molecular weight excluding hydrogens is 284 g/mol. The molecule has 112 valence electrons. The monoisotopic (exact) mass is 303 g/mol. The molecule has 0 aliphatic carbocycles. The van der Waals surface area contributed by atoms with E-state index in [0.717, 1.165) is 30.7 Å². The quantitative estimate of drug-likeness (QED) is 0.473. The number of hydrogen-bond acceptors (Lipinski definition) is 4. The highest BCUT2D eigenvalue weighted by Crippen LogP contribution is 2.32. The zero-order valence-electron chi connectivity index (χ0n) is 11.6. The zero-order chi connectivity index (χ0) is 15.1. The van der Waals surface area contributed by atoms with Crippen LogP contribution in [0, 0.1) is 11.6 Å². The predicted octanol–water partition coefficient (Wildman–Crippen LogP) is 3.76. The first-order chi connectivity index (χ1) is 9.49. The third kappa shape index (κ3) is 4.67. The molecule has 1 atom stereocenters. The fourth-order valence-corrected chi connectivity index (χ4v) is 2.76. The Morgan fingerprint density at radius 1 is 1.30 bits per heavy atom. The van der Waals surface area contributed by atoms with Gasteiger partial charge < -0.3 is 10.5 Å². The molecule has 2 N–H and O–H groups in total. The van der Waals surface area contributed by atoms with Crippen LogP contribution in [0.2, 0.25) is 0 Å². The zero-order valence-corrected chi connectivity index (χ0v) is 12.4. The molecule has 0 aromatic heterocycles. The van der Waals surface area contributed by atoms with Gasteiger partial charge >= 0.3 is 5.97 Å². The van der Waals surface area contributed by atoms with Crippen LogP contribution in [0.1, 0.15) is 33.1 Å². The third-order valence-corrected chi connectivity index (χ3v) is 3.86. The summed E-state index contributed by atoms with van der Waals surface area (Å²) in [5, 5.41) is -0.508. The van der Waals surface area contributed by atoms with Gasteiger partial charge in [-0.25, -0.2) is 8.78 Å². The molecule has 1 aromatic carbocycles. The van der Waals surface area contributed by atoms with Crippen molar-refractivity contribution >= 4 is 23.4 Å². The molecule has 0 radical (unpaired) electrons. The van der Waals surface area contributed by atoms with Crippen molar-refractivity contribution < 1.29 is 18.3 Å². The molecule has 0 saturated carbocycles. The Morgan fingerprint density at radius 2 is 2.00 bits per heavy atom. The maximum atomic E-state index is 13.7. The van der Waals surface area contributed by atoms with Gasteiger partial charge in [0, 0.05) is 11.0 Å². The number of nitrogen functional groups attached to an aromatic ring is 1. The molecule has 0 fully saturated rings. The van der Waals surface area contributed by atoms with Crippen LogP contribution in [0.15, 0.2) is 17.0 Å². The molecule has 0 spiro atoms. The lowest BCUT2D eigenvalue weighted by Gasteiger charge is -2.15. The number of ether oxygens (including phenoxy) is 1. The van der Waals surface area contributed by atoms with Crippen molar-refractivity contribution in [2.24, 2.45) is 0 Å². The Balaban J connectivity index is 2.84. The molecular formula is C14H19F2NO2S. The largest absolute Gasteiger partial charge is 0.465 e. The van der Waals surface area contributed by atoms with E-state index in [2.05, 4.69) is 0 Å². The lowest BCUT2D eigenvalue weighted by molar-refractivity contribution is -0.143. The van der Waals surface area contributed by atoms with Crippen LogP contribution < -0.4 is 5.73 Å². The fourth-order valence-electron chi connectivity index (χ4n) is 1.57. The van der Waals surface area contributed by atoms with Crippen LogP contribution in [0.5, 0.6) is 0 Å². The summed E-state index contributed by atoms with van der Waals surface area (Å²) in [6.07, 6.45) is 2.05. The highest BCUT2D eigenvalue weighted by atomic mass is 32.2. The minimum atomic E-state index is -0.799. The SMILES string of the molecule is CCCOC(=O)C(CCC)Sc1cc(N)c(F)cc1F. The first-order valence-corrected chi connectivity index (χ1v) is 7.45. The van der Waals surface area contributed by atoms with Gasteiger partial charge in [0.2, 0.25) is 0 Å². The minimum Gasteiger partial charge on any atom is -0.465 e. The number of nitrogens with two attached hydrogens (primary N) is 1. The smallest absolute Gasteiger partial charge is 0.319 e. The summed E-state index contributed by atoms with van der Waals surface area (Å²) in [5.41, 5.74) is 5.29. The molecule has 20 heavy (non-hydrogen) atoms. The molecule has 6 heteroatoms. The standard InChI is InChI=1S/C14H19F2NO2S/c1-3-5-12(14(18)19-6-4-2)20-13-8-11(17)9(15)7-10(13)16/h7-8,12H,3-6,17H2,1-2H3. The van der Waals surface area contributed by atoms with Gasteiger partial charge in [-0.3, -0.25) is 4.79 Å². The van der Waals surface area contributed by atoms with E-state index in [1.54, 1.807) is 0 Å². The Bertz CT molecular complexity index is 469. The van der Waals surface area contributed by atoms with E-state index in [0.29, 0.717) is 13.0 Å². The van der Waals surface area contributed by atoms with Crippen LogP contribution in [-0.4, -0.2) is 17.8 Å². The predicted molar refractivity (Wildman–Crippen MR) is 76.6 cm³/mol. The van der Waals surface area contributed by atoms with Gasteiger partial charge in [-0.1, -0.05) is 20.3 Å². The third-order valence-electron chi connectivity index (χ3n) is 2.58. The highest BCUT2D eigenvalue weighted by molar-refractivity contribution is 8.00. The van der Waals surface area contributed by atoms with Gasteiger partial charge in [0.1, 0.15) is 16.9 Å². The summed E-state index contributed by atoms with van der Waals surface area (Å²) in [6.45, 7) is 4.17. The summed E-state index contributed by atoms with van der Waals surface area (Å²) in [4.78, 5) is 12.1. The first kappa shape index (κ1) is 16.8. The van der Waals surface area contributed by atoms with Crippen molar-refractivity contribution in [1.82, 2.24) is 0 Å². The Labute approximate surface area is 121 Å². The number of carbonyl (C=O) groups is 1. The summed E-state index contributed by atoms with van der Waals surface area (Å²) in [7, 11) is 0. The number of rotatable bonds is 7. The molecule has 0 heterocycles. The Kier molecular flexibility index (Phi) is 6.78. The van der Waals surface area contributed by atoms with Crippen LogP contribution in [0.4, 0.5) is 14.5 Å². The molecule has 0 bridgehead atoms. The van der Waals surface area contributed by atoms with Crippen molar-refractivity contribution in [2.75, 3.05) is 12.3 Å². The summed E-state index contributed by atoms with van der Waals surface area (Å²) >= 11 is 1.03. The number of halogens is 2. The van der Waals surface area contributed by atoms with E-state index in [-0.39, 0.29) is 16.6 Å². The van der Waals surface area contributed by atoms with E-state index in [4.69, 9.17) is 10.5 Å². The second kappa shape index (κ2) is 8.09. The van der Waals surface area contributed by atoms with Crippen molar-refractivity contribution in [1.29, 1.82) is 0 Å². The van der Waals surface area contributed by atoms with Crippen LogP contribution >= 0.6 is 11.8 Å². The molecule has 0 saturated heterocycles. The molecule has 1 unspecified atom stereocenters. The molecule has 3 nitrogen and oxygen atoms in total. The number of esters is 1. The fraction of sp³-hybridized carbons (Fsp3) is 0.500. The van der Waals surface area contributed by atoms with E-state index in [1.807, 2.05) is 13.8 Å². The number of benzene rings is 1. The summed E-state index contributed by atoms with van der Waals surface area (Å²) in [5.74, 6) is -1.89. The molecule has 1 aromatic rings. The normalized spacial score (nSPS) is 12.2. The number of carbonyl (C=O) groups excluding carboxylic acids is 1. The van der Waals surface area contributed by atoms with Crippen molar-refractivity contribution in [3.8, 4) is 0 Å². The average Bonchev–Trinajstić information content (AvgIpc) is 2.41. The maximum absolute atomic E-state index is 13.7. The summed E-state index contributed by atoms with van der Waals surface area (Å²) in [6, 6.07) is 1.95. The lowest BCUT2D eigenvalue weighted by Crippen LogP contribution is -2.20. The van der Waals surface area contributed by atoms with Gasteiger partial charge in [0.05, 0.1) is 12.3 Å². The second-order valence-corrected chi connectivity index (χ2v) is 5.61. The van der Waals surface area contributed by atoms with Gasteiger partial charge in [0.25, 0.3) is 0 Å². The lowest BCUT2D eigenvalue weighted by atomic mass is 10.2. The molecule has 0 amide bonds. The second-order valence-electron chi connectivity index (χ2n) is 4.37. The van der Waals surface area contributed by atoms with Crippen molar-refractivity contribution in [3.05, 3.63) is 23.8 Å². The Hall–Kier alpha value is -1.30. The number of anilines is 1. The van der Waals surface area contributed by atoms with E-state index in [1.165, 1.54) is 6.07 Å². The van der Waals surface area contributed by atoms with Crippen LogP contribution in [0.3, 0.4) is 0 Å². The van der Waals surface area contributed by atoms with Gasteiger partial charge in [-0.05, 0) is 18.9 Å². The topological polar surface area (TPSA) is 52.3 Å². The average molecular weight is 303 g/mol. The minimum absolute atomic E-state index is 0.133. The maximum Gasteiger partial charge on any atom is 0.319 e. The van der Waals surface area contributed by atoms with Gasteiger partial charge in [0.15, 0.2) is 0 Å². The molecule has 0 aliphatic rings. The van der Waals surface area contributed by atoms with Gasteiger partial charge in [-0.2, -0.15) is 0 Å². The van der Waals surface area contributed by atoms with E-state index in [9.17, 15) is 13.6 Å². The van der Waals surface area contributed by atoms with E-state index >= 15 is 0 Å².